The molecule has 2 aromatic carbocycles. The second kappa shape index (κ2) is 6.32. The maximum absolute atomic E-state index is 13.4. The predicted molar refractivity (Wildman–Crippen MR) is 115 cm³/mol. The van der Waals surface area contributed by atoms with E-state index in [9.17, 15) is 9.59 Å². The zero-order chi connectivity index (χ0) is 20.5. The fraction of sp³-hybridized carbons (Fsp3) is 0.250. The molecule has 1 heterocycles. The molecule has 29 heavy (non-hydrogen) atoms. The Morgan fingerprint density at radius 2 is 1.69 bits per heavy atom. The molecule has 0 saturated heterocycles. The molecule has 0 radical (unpaired) electrons. The topological polar surface area (TPSA) is 46.2 Å². The molecular formula is C24H19Cl2NO2. The number of hydrogen-bond acceptors (Lipinski definition) is 3. The molecule has 3 nitrogen and oxygen atoms in total. The summed E-state index contributed by atoms with van der Waals surface area (Å²) in [5, 5.41) is 4.45. The minimum atomic E-state index is -0.491. The summed E-state index contributed by atoms with van der Waals surface area (Å²) in [7, 11) is 0. The minimum absolute atomic E-state index is 0.0525. The third kappa shape index (κ3) is 2.79. The van der Waals surface area contributed by atoms with Crippen molar-refractivity contribution in [2.75, 3.05) is 0 Å². The maximum atomic E-state index is 13.4. The number of carbonyl (C=O) groups is 2. The molecule has 5 rings (SSSR count). The molecule has 0 amide bonds. The second-order valence-corrected chi connectivity index (χ2v) is 9.56. The van der Waals surface area contributed by atoms with Gasteiger partial charge in [0.1, 0.15) is 0 Å². The quantitative estimate of drug-likeness (QED) is 0.617. The fourth-order valence-corrected chi connectivity index (χ4v) is 5.35. The van der Waals surface area contributed by atoms with Crippen LogP contribution < -0.4 is 5.32 Å². The lowest BCUT2D eigenvalue weighted by molar-refractivity contribution is -0.118. The van der Waals surface area contributed by atoms with E-state index in [0.717, 1.165) is 28.9 Å². The number of allylic oxidation sites excluding steroid dienone is 3. The zero-order valence-corrected chi connectivity index (χ0v) is 17.6. The SMILES string of the molecule is CC1(C)CC(=O)C2=C(C1)NC1=C(C(=O)c3ccccc31)[C@@H]2c1ccc(Cl)cc1Cl. The Morgan fingerprint density at radius 3 is 2.41 bits per heavy atom. The molecule has 1 atom stereocenters. The largest absolute Gasteiger partial charge is 0.358 e. The van der Waals surface area contributed by atoms with Crippen molar-refractivity contribution in [1.29, 1.82) is 0 Å². The van der Waals surface area contributed by atoms with Crippen LogP contribution in [0.4, 0.5) is 0 Å². The Bertz CT molecular complexity index is 1170. The van der Waals surface area contributed by atoms with Crippen LogP contribution >= 0.6 is 23.2 Å². The van der Waals surface area contributed by atoms with Crippen molar-refractivity contribution in [3.05, 3.63) is 86.0 Å². The second-order valence-electron chi connectivity index (χ2n) is 8.72. The zero-order valence-electron chi connectivity index (χ0n) is 16.1. The Labute approximate surface area is 179 Å². The Morgan fingerprint density at radius 1 is 0.966 bits per heavy atom. The van der Waals surface area contributed by atoms with Crippen molar-refractivity contribution in [2.24, 2.45) is 5.41 Å². The lowest BCUT2D eigenvalue weighted by Crippen LogP contribution is -2.37. The van der Waals surface area contributed by atoms with Crippen LogP contribution in [0.3, 0.4) is 0 Å². The van der Waals surface area contributed by atoms with Crippen LogP contribution in [-0.4, -0.2) is 11.6 Å². The Kier molecular flexibility index (Phi) is 4.06. The molecule has 0 fully saturated rings. The highest BCUT2D eigenvalue weighted by molar-refractivity contribution is 6.35. The smallest absolute Gasteiger partial charge is 0.192 e. The van der Waals surface area contributed by atoms with E-state index in [1.165, 1.54) is 0 Å². The van der Waals surface area contributed by atoms with Gasteiger partial charge >= 0.3 is 0 Å². The average molecular weight is 424 g/mol. The standard InChI is InChI=1S/C24H19Cl2NO2/c1-24(2)10-17-20(18(28)11-24)19(15-8-7-12(25)9-16(15)26)21-22(27-17)13-5-3-4-6-14(13)23(21)29/h3-9,19,27H,10-11H2,1-2H3/t19-/m1/s1. The highest BCUT2D eigenvalue weighted by atomic mass is 35.5. The van der Waals surface area contributed by atoms with Crippen molar-refractivity contribution in [2.45, 2.75) is 32.6 Å². The lowest BCUT2D eigenvalue weighted by atomic mass is 9.68. The third-order valence-corrected chi connectivity index (χ3v) is 6.56. The van der Waals surface area contributed by atoms with E-state index in [1.807, 2.05) is 30.3 Å². The van der Waals surface area contributed by atoms with Crippen LogP contribution in [0.1, 0.15) is 54.1 Å². The number of ketones is 2. The first-order chi connectivity index (χ1) is 13.8. The normalized spacial score (nSPS) is 22.3. The molecular weight excluding hydrogens is 405 g/mol. The molecule has 0 saturated carbocycles. The third-order valence-electron chi connectivity index (χ3n) is 6.00. The number of halogens is 2. The number of benzene rings is 2. The van der Waals surface area contributed by atoms with Crippen LogP contribution in [0.25, 0.3) is 5.70 Å². The molecule has 1 aliphatic heterocycles. The number of rotatable bonds is 1. The van der Waals surface area contributed by atoms with Crippen molar-refractivity contribution in [3.8, 4) is 0 Å². The Balaban J connectivity index is 1.78. The molecule has 2 aromatic rings. The van der Waals surface area contributed by atoms with Gasteiger partial charge < -0.3 is 5.32 Å². The number of carbonyl (C=O) groups excluding carboxylic acids is 2. The molecule has 0 aromatic heterocycles. The summed E-state index contributed by atoms with van der Waals surface area (Å²) in [5.41, 5.74) is 5.09. The van der Waals surface area contributed by atoms with Crippen LogP contribution in [0.15, 0.2) is 59.3 Å². The molecule has 2 aliphatic carbocycles. The average Bonchev–Trinajstić information content (AvgIpc) is 2.92. The van der Waals surface area contributed by atoms with Gasteiger partial charge in [0, 0.05) is 50.4 Å². The van der Waals surface area contributed by atoms with Crippen molar-refractivity contribution >= 4 is 40.5 Å². The van der Waals surface area contributed by atoms with E-state index in [1.54, 1.807) is 12.1 Å². The monoisotopic (exact) mass is 423 g/mol. The molecule has 5 heteroatoms. The van der Waals surface area contributed by atoms with Crippen LogP contribution in [0, 0.1) is 5.41 Å². The van der Waals surface area contributed by atoms with E-state index < -0.39 is 5.92 Å². The summed E-state index contributed by atoms with van der Waals surface area (Å²) in [4.78, 5) is 26.7. The molecule has 3 aliphatic rings. The van der Waals surface area contributed by atoms with Crippen LogP contribution in [0.2, 0.25) is 10.0 Å². The number of hydrogen-bond donors (Lipinski definition) is 1. The molecule has 1 N–H and O–H groups in total. The Hall–Kier alpha value is -2.36. The van der Waals surface area contributed by atoms with E-state index in [0.29, 0.717) is 33.2 Å². The van der Waals surface area contributed by atoms with Gasteiger partial charge in [0.25, 0.3) is 0 Å². The number of Topliss-reactive ketones (excluding diaryl/α,β-unsaturated/α-hetero) is 2. The van der Waals surface area contributed by atoms with Gasteiger partial charge in [0.15, 0.2) is 11.6 Å². The molecule has 146 valence electrons. The number of dihydropyridines is 1. The summed E-state index contributed by atoms with van der Waals surface area (Å²) < 4.78 is 0. The number of nitrogens with one attached hydrogen (secondary N) is 1. The van der Waals surface area contributed by atoms with Crippen LogP contribution in [-0.2, 0) is 4.79 Å². The molecule has 0 spiro atoms. The number of fused-ring (bicyclic) bond motifs is 2. The maximum Gasteiger partial charge on any atom is 0.192 e. The minimum Gasteiger partial charge on any atom is -0.358 e. The van der Waals surface area contributed by atoms with Crippen molar-refractivity contribution < 1.29 is 9.59 Å². The van der Waals surface area contributed by atoms with E-state index >= 15 is 0 Å². The van der Waals surface area contributed by atoms with Gasteiger partial charge in [-0.05, 0) is 29.5 Å². The van der Waals surface area contributed by atoms with Gasteiger partial charge in [0.05, 0.1) is 5.70 Å². The van der Waals surface area contributed by atoms with Gasteiger partial charge in [-0.15, -0.1) is 0 Å². The molecule has 0 unspecified atom stereocenters. The van der Waals surface area contributed by atoms with E-state index in [4.69, 9.17) is 23.2 Å². The summed E-state index contributed by atoms with van der Waals surface area (Å²) in [5.74, 6) is -0.479. The summed E-state index contributed by atoms with van der Waals surface area (Å²) in [6, 6.07) is 12.8. The van der Waals surface area contributed by atoms with Crippen LogP contribution in [0.5, 0.6) is 0 Å². The highest BCUT2D eigenvalue weighted by Crippen LogP contribution is 2.52. The summed E-state index contributed by atoms with van der Waals surface area (Å²) in [6.45, 7) is 4.19. The first-order valence-corrected chi connectivity index (χ1v) is 10.4. The predicted octanol–water partition coefficient (Wildman–Crippen LogP) is 5.93. The van der Waals surface area contributed by atoms with Gasteiger partial charge in [-0.1, -0.05) is 67.4 Å². The van der Waals surface area contributed by atoms with Crippen molar-refractivity contribution in [1.82, 2.24) is 5.32 Å². The van der Waals surface area contributed by atoms with Gasteiger partial charge in [-0.2, -0.15) is 0 Å². The van der Waals surface area contributed by atoms with E-state index in [-0.39, 0.29) is 17.0 Å². The van der Waals surface area contributed by atoms with Gasteiger partial charge in [-0.3, -0.25) is 9.59 Å². The first kappa shape index (κ1) is 18.7. The van der Waals surface area contributed by atoms with Crippen molar-refractivity contribution in [3.63, 3.8) is 0 Å². The van der Waals surface area contributed by atoms with Gasteiger partial charge in [0.2, 0.25) is 0 Å². The summed E-state index contributed by atoms with van der Waals surface area (Å²) >= 11 is 12.7. The van der Waals surface area contributed by atoms with E-state index in [2.05, 4.69) is 19.2 Å². The lowest BCUT2D eigenvalue weighted by Gasteiger charge is -2.39. The van der Waals surface area contributed by atoms with Gasteiger partial charge in [-0.25, -0.2) is 0 Å². The first-order valence-electron chi connectivity index (χ1n) is 9.63. The fourth-order valence-electron chi connectivity index (χ4n) is 4.84. The summed E-state index contributed by atoms with van der Waals surface area (Å²) in [6.07, 6.45) is 1.18. The highest BCUT2D eigenvalue weighted by Gasteiger charge is 2.46. The molecule has 0 bridgehead atoms.